The molecule has 28 heavy (non-hydrogen) atoms. The van der Waals surface area contributed by atoms with Gasteiger partial charge in [0.1, 0.15) is 0 Å². The van der Waals surface area contributed by atoms with Crippen LogP contribution in [0.4, 0.5) is 13.2 Å². The van der Waals surface area contributed by atoms with Crippen molar-refractivity contribution < 1.29 is 37.1 Å². The fraction of sp³-hybridized carbons (Fsp3) is 0.765. The lowest BCUT2D eigenvalue weighted by Crippen LogP contribution is -2.65. The van der Waals surface area contributed by atoms with Gasteiger partial charge in [-0.05, 0) is 40.5 Å². The summed E-state index contributed by atoms with van der Waals surface area (Å²) in [5, 5.41) is 4.07. The number of nitrogens with one attached hydrogen (secondary N) is 2. The van der Waals surface area contributed by atoms with Crippen LogP contribution in [-0.4, -0.2) is 53.5 Å². The fourth-order valence-electron chi connectivity index (χ4n) is 3.08. The molecule has 0 bridgehead atoms. The summed E-state index contributed by atoms with van der Waals surface area (Å²) in [4.78, 5) is 47.9. The van der Waals surface area contributed by atoms with Crippen LogP contribution in [0.2, 0.25) is 0 Å². The van der Waals surface area contributed by atoms with Crippen LogP contribution in [0.15, 0.2) is 0 Å². The number of Topliss-reactive ketones (excluding diaryl/α,β-unsaturated/α-hetero) is 1. The number of halogens is 3. The van der Waals surface area contributed by atoms with Gasteiger partial charge >= 0.3 is 12.1 Å². The maximum Gasteiger partial charge on any atom is 0.471 e. The topological polar surface area (TPSA) is 128 Å². The molecule has 1 unspecified atom stereocenters. The average molecular weight is 409 g/mol. The molecule has 0 aromatic carbocycles. The van der Waals surface area contributed by atoms with Crippen LogP contribution < -0.4 is 16.4 Å². The van der Waals surface area contributed by atoms with Gasteiger partial charge in [-0.1, -0.05) is 6.42 Å². The van der Waals surface area contributed by atoms with Crippen molar-refractivity contribution in [1.29, 1.82) is 0 Å². The molecule has 1 heterocycles. The second-order valence-electron chi connectivity index (χ2n) is 7.70. The third-order valence-corrected chi connectivity index (χ3v) is 4.33. The number of hydrogen-bond acceptors (Lipinski definition) is 5. The number of nitrogens with two attached hydrogens (primary N) is 1. The first-order chi connectivity index (χ1) is 12.6. The number of rotatable bonds is 8. The monoisotopic (exact) mass is 409 g/mol. The van der Waals surface area contributed by atoms with E-state index in [2.05, 4.69) is 5.32 Å². The Hall–Kier alpha value is -2.17. The van der Waals surface area contributed by atoms with Crippen LogP contribution in [0.3, 0.4) is 0 Å². The number of carbonyl (C=O) groups excluding carboxylic acids is 4. The predicted molar refractivity (Wildman–Crippen MR) is 91.8 cm³/mol. The molecule has 3 atom stereocenters. The molecule has 0 aromatic rings. The standard InChI is InChI=1S/C17H26F3N3O5/c1-9(28-15(2,3)4)16(13(21)26)11(24)10(12(25)23-16)7-5-6-8-22-14(27)17(18,19)20/h9-10H,5-8H2,1-4H3,(H2,21,26)(H,22,27)(H,23,25)/t9-,10?,16-/m1/s1. The first-order valence-electron chi connectivity index (χ1n) is 8.82. The summed E-state index contributed by atoms with van der Waals surface area (Å²) < 4.78 is 42.0. The van der Waals surface area contributed by atoms with Gasteiger partial charge in [0.15, 0.2) is 5.78 Å². The number of primary amides is 1. The largest absolute Gasteiger partial charge is 0.471 e. The molecule has 0 radical (unpaired) electrons. The van der Waals surface area contributed by atoms with Crippen molar-refractivity contribution in [1.82, 2.24) is 10.6 Å². The van der Waals surface area contributed by atoms with Gasteiger partial charge in [0.25, 0.3) is 5.91 Å². The molecule has 1 saturated heterocycles. The molecular formula is C17H26F3N3O5. The van der Waals surface area contributed by atoms with Crippen molar-refractivity contribution in [3.8, 4) is 0 Å². The van der Waals surface area contributed by atoms with E-state index in [0.29, 0.717) is 0 Å². The van der Waals surface area contributed by atoms with Gasteiger partial charge in [-0.3, -0.25) is 19.2 Å². The van der Waals surface area contributed by atoms with Gasteiger partial charge < -0.3 is 21.1 Å². The minimum Gasteiger partial charge on any atom is -0.369 e. The smallest absolute Gasteiger partial charge is 0.369 e. The summed E-state index contributed by atoms with van der Waals surface area (Å²) in [5.41, 5.74) is 2.70. The summed E-state index contributed by atoms with van der Waals surface area (Å²) in [6.07, 6.45) is -5.67. The molecule has 1 rings (SSSR count). The summed E-state index contributed by atoms with van der Waals surface area (Å²) in [6.45, 7) is 6.35. The Morgan fingerprint density at radius 2 is 1.82 bits per heavy atom. The van der Waals surface area contributed by atoms with Crippen molar-refractivity contribution in [2.75, 3.05) is 6.54 Å². The van der Waals surface area contributed by atoms with E-state index in [-0.39, 0.29) is 25.8 Å². The Morgan fingerprint density at radius 1 is 1.25 bits per heavy atom. The highest BCUT2D eigenvalue weighted by Crippen LogP contribution is 2.31. The second kappa shape index (κ2) is 8.46. The number of alkyl halides is 3. The van der Waals surface area contributed by atoms with Crippen molar-refractivity contribution in [2.45, 2.75) is 70.4 Å². The Morgan fingerprint density at radius 3 is 2.29 bits per heavy atom. The third-order valence-electron chi connectivity index (χ3n) is 4.33. The van der Waals surface area contributed by atoms with Crippen molar-refractivity contribution in [3.63, 3.8) is 0 Å². The molecule has 0 saturated carbocycles. The first kappa shape index (κ1) is 23.9. The molecule has 1 aliphatic heterocycles. The Kier molecular flexibility index (Phi) is 7.21. The fourth-order valence-corrected chi connectivity index (χ4v) is 3.08. The van der Waals surface area contributed by atoms with Gasteiger partial charge in [0, 0.05) is 6.54 Å². The highest BCUT2D eigenvalue weighted by molar-refractivity contribution is 6.24. The summed E-state index contributed by atoms with van der Waals surface area (Å²) in [5.74, 6) is -5.67. The van der Waals surface area contributed by atoms with E-state index in [4.69, 9.17) is 10.5 Å². The van der Waals surface area contributed by atoms with Gasteiger partial charge in [0.05, 0.1) is 17.6 Å². The number of hydrogen-bond donors (Lipinski definition) is 3. The van der Waals surface area contributed by atoms with E-state index >= 15 is 0 Å². The molecule has 0 aliphatic carbocycles. The molecule has 0 aromatic heterocycles. The minimum atomic E-state index is -4.97. The maximum absolute atomic E-state index is 12.8. The van der Waals surface area contributed by atoms with E-state index in [9.17, 15) is 32.3 Å². The van der Waals surface area contributed by atoms with Crippen LogP contribution in [0.25, 0.3) is 0 Å². The lowest BCUT2D eigenvalue weighted by molar-refractivity contribution is -0.173. The quantitative estimate of drug-likeness (QED) is 0.399. The van der Waals surface area contributed by atoms with Crippen LogP contribution in [-0.2, 0) is 23.9 Å². The lowest BCUT2D eigenvalue weighted by Gasteiger charge is -2.35. The van der Waals surface area contributed by atoms with Crippen molar-refractivity contribution in [3.05, 3.63) is 0 Å². The number of ketones is 1. The Balaban J connectivity index is 2.73. The maximum atomic E-state index is 12.8. The van der Waals surface area contributed by atoms with Crippen LogP contribution in [0, 0.1) is 5.92 Å². The highest BCUT2D eigenvalue weighted by atomic mass is 19.4. The molecule has 8 nitrogen and oxygen atoms in total. The van der Waals surface area contributed by atoms with Crippen molar-refractivity contribution >= 4 is 23.5 Å². The van der Waals surface area contributed by atoms with Gasteiger partial charge in [-0.15, -0.1) is 0 Å². The van der Waals surface area contributed by atoms with E-state index in [0.717, 1.165) is 0 Å². The number of carbonyl (C=O) groups is 4. The molecule has 11 heteroatoms. The zero-order valence-corrected chi connectivity index (χ0v) is 16.2. The number of unbranched alkanes of at least 4 members (excludes halogenated alkanes) is 1. The van der Waals surface area contributed by atoms with Gasteiger partial charge in [0.2, 0.25) is 11.4 Å². The second-order valence-corrected chi connectivity index (χ2v) is 7.70. The van der Waals surface area contributed by atoms with E-state index in [1.165, 1.54) is 6.92 Å². The molecular weight excluding hydrogens is 383 g/mol. The van der Waals surface area contributed by atoms with Crippen molar-refractivity contribution in [2.24, 2.45) is 11.7 Å². The number of amides is 3. The Labute approximate surface area is 160 Å². The first-order valence-corrected chi connectivity index (χ1v) is 8.82. The molecule has 160 valence electrons. The molecule has 4 N–H and O–H groups in total. The van der Waals surface area contributed by atoms with Gasteiger partial charge in [-0.25, -0.2) is 0 Å². The lowest BCUT2D eigenvalue weighted by atomic mass is 9.83. The Bertz CT molecular complexity index is 645. The molecule has 0 spiro atoms. The van der Waals surface area contributed by atoms with E-state index < -0.39 is 52.8 Å². The van der Waals surface area contributed by atoms with E-state index in [1.54, 1.807) is 26.1 Å². The highest BCUT2D eigenvalue weighted by Gasteiger charge is 2.60. The normalized spacial score (nSPS) is 24.0. The number of ether oxygens (including phenoxy) is 1. The predicted octanol–water partition coefficient (Wildman–Crippen LogP) is 0.578. The minimum absolute atomic E-state index is 0.00379. The zero-order chi connectivity index (χ0) is 21.9. The average Bonchev–Trinajstić information content (AvgIpc) is 2.77. The third kappa shape index (κ3) is 5.43. The summed E-state index contributed by atoms with van der Waals surface area (Å²) in [7, 11) is 0. The SMILES string of the molecule is C[C@@H](OC(C)(C)C)[C@@]1(C(N)=O)NC(=O)C(CCCCNC(=O)C(F)(F)F)C1=O. The summed E-state index contributed by atoms with van der Waals surface area (Å²) >= 11 is 0. The van der Waals surface area contributed by atoms with Crippen LogP contribution in [0.1, 0.15) is 47.0 Å². The van der Waals surface area contributed by atoms with Gasteiger partial charge in [-0.2, -0.15) is 13.2 Å². The van der Waals surface area contributed by atoms with E-state index in [1.807, 2.05) is 0 Å². The molecule has 3 amide bonds. The molecule has 1 fully saturated rings. The van der Waals surface area contributed by atoms with Crippen LogP contribution >= 0.6 is 0 Å². The zero-order valence-electron chi connectivity index (χ0n) is 16.2. The summed E-state index contributed by atoms with van der Waals surface area (Å²) in [6, 6.07) is 0. The molecule has 1 aliphatic rings. The van der Waals surface area contributed by atoms with Crippen LogP contribution in [0.5, 0.6) is 0 Å².